The van der Waals surface area contributed by atoms with Crippen molar-refractivity contribution >= 4 is 17.0 Å². The van der Waals surface area contributed by atoms with Crippen molar-refractivity contribution in [3.05, 3.63) is 24.3 Å². The van der Waals surface area contributed by atoms with Crippen molar-refractivity contribution in [2.75, 3.05) is 45.2 Å². The number of likely N-dealkylation sites (N-methyl/N-ethyl adjacent to an activating group) is 1. The highest BCUT2D eigenvalue weighted by atomic mass is 16.5. The molecule has 5 heteroatoms. The van der Waals surface area contributed by atoms with Crippen molar-refractivity contribution in [2.45, 2.75) is 6.10 Å². The molecule has 0 radical (unpaired) electrons. The summed E-state index contributed by atoms with van der Waals surface area (Å²) in [5.74, 6) is 0.952. The van der Waals surface area contributed by atoms with Gasteiger partial charge >= 0.3 is 0 Å². The summed E-state index contributed by atoms with van der Waals surface area (Å²) >= 11 is 0. The van der Waals surface area contributed by atoms with Crippen molar-refractivity contribution in [3.8, 4) is 0 Å². The lowest BCUT2D eigenvalue weighted by atomic mass is 10.2. The Morgan fingerprint density at radius 1 is 1.42 bits per heavy atom. The van der Waals surface area contributed by atoms with Gasteiger partial charge in [0, 0.05) is 19.6 Å². The van der Waals surface area contributed by atoms with Gasteiger partial charge in [-0.25, -0.2) is 4.98 Å². The minimum Gasteiger partial charge on any atom is -0.373 e. The number of rotatable bonds is 3. The van der Waals surface area contributed by atoms with Crippen LogP contribution >= 0.6 is 0 Å². The maximum Gasteiger partial charge on any atom is 0.204 e. The van der Waals surface area contributed by atoms with E-state index in [-0.39, 0.29) is 6.10 Å². The maximum absolute atomic E-state index is 5.79. The first-order valence-electron chi connectivity index (χ1n) is 6.68. The molecule has 102 valence electrons. The van der Waals surface area contributed by atoms with E-state index in [1.54, 1.807) is 0 Å². The van der Waals surface area contributed by atoms with E-state index in [1.165, 1.54) is 0 Å². The van der Waals surface area contributed by atoms with Gasteiger partial charge in [0.2, 0.25) is 5.95 Å². The summed E-state index contributed by atoms with van der Waals surface area (Å²) in [6.45, 7) is 3.48. The van der Waals surface area contributed by atoms with Gasteiger partial charge in [0.05, 0.1) is 23.7 Å². The van der Waals surface area contributed by atoms with Gasteiger partial charge in [0.1, 0.15) is 0 Å². The SMILES string of the molecule is CN(C)CC1CN(c2nc3ccccc3[nH]2)CCO1. The predicted octanol–water partition coefficient (Wildman–Crippen LogP) is 1.33. The number of morpholine rings is 1. The second-order valence-electron chi connectivity index (χ2n) is 5.28. The largest absolute Gasteiger partial charge is 0.373 e. The Kier molecular flexibility index (Phi) is 3.40. The summed E-state index contributed by atoms with van der Waals surface area (Å²) in [4.78, 5) is 12.5. The molecule has 1 aromatic heterocycles. The molecule has 1 unspecified atom stereocenters. The zero-order valence-electron chi connectivity index (χ0n) is 11.5. The number of aromatic amines is 1. The van der Waals surface area contributed by atoms with E-state index in [9.17, 15) is 0 Å². The third-order valence-corrected chi connectivity index (χ3v) is 3.38. The van der Waals surface area contributed by atoms with E-state index in [1.807, 2.05) is 18.2 Å². The fraction of sp³-hybridized carbons (Fsp3) is 0.500. The smallest absolute Gasteiger partial charge is 0.204 e. The van der Waals surface area contributed by atoms with Gasteiger partial charge < -0.3 is 19.5 Å². The Balaban J connectivity index is 1.77. The van der Waals surface area contributed by atoms with Crippen LogP contribution in [0.25, 0.3) is 11.0 Å². The van der Waals surface area contributed by atoms with Crippen molar-refractivity contribution in [3.63, 3.8) is 0 Å². The van der Waals surface area contributed by atoms with Crippen LogP contribution < -0.4 is 4.90 Å². The summed E-state index contributed by atoms with van der Waals surface area (Å²) in [7, 11) is 4.15. The minimum atomic E-state index is 0.247. The Bertz CT molecular complexity index is 518. The average molecular weight is 260 g/mol. The van der Waals surface area contributed by atoms with Crippen LogP contribution in [-0.2, 0) is 4.74 Å². The van der Waals surface area contributed by atoms with Crippen molar-refractivity contribution in [1.82, 2.24) is 14.9 Å². The summed E-state index contributed by atoms with van der Waals surface area (Å²) < 4.78 is 5.79. The number of hydrogen-bond acceptors (Lipinski definition) is 4. The van der Waals surface area contributed by atoms with E-state index in [4.69, 9.17) is 4.74 Å². The summed E-state index contributed by atoms with van der Waals surface area (Å²) in [5, 5.41) is 0. The summed E-state index contributed by atoms with van der Waals surface area (Å²) in [6, 6.07) is 8.14. The number of H-pyrrole nitrogens is 1. The number of benzene rings is 1. The highest BCUT2D eigenvalue weighted by Crippen LogP contribution is 2.19. The average Bonchev–Trinajstić information content (AvgIpc) is 2.82. The molecule has 1 fully saturated rings. The minimum absolute atomic E-state index is 0.247. The molecule has 1 aliphatic heterocycles. The molecule has 0 amide bonds. The molecular formula is C14H20N4O. The molecule has 1 aliphatic rings. The number of nitrogens with one attached hydrogen (secondary N) is 1. The Hall–Kier alpha value is -1.59. The van der Waals surface area contributed by atoms with Gasteiger partial charge in [-0.3, -0.25) is 0 Å². The number of aromatic nitrogens is 2. The molecule has 1 N–H and O–H groups in total. The van der Waals surface area contributed by atoms with Crippen LogP contribution in [0.5, 0.6) is 0 Å². The van der Waals surface area contributed by atoms with Crippen LogP contribution in [0.4, 0.5) is 5.95 Å². The summed E-state index contributed by atoms with van der Waals surface area (Å²) in [5.41, 5.74) is 2.11. The lowest BCUT2D eigenvalue weighted by molar-refractivity contribution is 0.0243. The molecule has 0 aliphatic carbocycles. The van der Waals surface area contributed by atoms with Crippen LogP contribution in [0.3, 0.4) is 0 Å². The normalized spacial score (nSPS) is 20.4. The lowest BCUT2D eigenvalue weighted by Gasteiger charge is -2.33. The third kappa shape index (κ3) is 2.72. The fourth-order valence-corrected chi connectivity index (χ4v) is 2.52. The Morgan fingerprint density at radius 3 is 3.05 bits per heavy atom. The molecule has 1 atom stereocenters. The second-order valence-corrected chi connectivity index (χ2v) is 5.28. The number of anilines is 1. The quantitative estimate of drug-likeness (QED) is 0.904. The number of para-hydroxylation sites is 2. The number of fused-ring (bicyclic) bond motifs is 1. The van der Waals surface area contributed by atoms with Crippen LogP contribution in [-0.4, -0.2) is 61.3 Å². The fourth-order valence-electron chi connectivity index (χ4n) is 2.52. The van der Waals surface area contributed by atoms with Crippen LogP contribution in [0.15, 0.2) is 24.3 Å². The molecular weight excluding hydrogens is 240 g/mol. The van der Waals surface area contributed by atoms with Gasteiger partial charge in [-0.1, -0.05) is 12.1 Å². The van der Waals surface area contributed by atoms with Crippen molar-refractivity contribution < 1.29 is 4.74 Å². The monoisotopic (exact) mass is 260 g/mol. The van der Waals surface area contributed by atoms with Gasteiger partial charge in [-0.05, 0) is 26.2 Å². The van der Waals surface area contributed by atoms with Crippen LogP contribution in [0.1, 0.15) is 0 Å². The number of imidazole rings is 1. The van der Waals surface area contributed by atoms with E-state index >= 15 is 0 Å². The molecule has 0 bridgehead atoms. The molecule has 2 aromatic rings. The first kappa shape index (κ1) is 12.4. The molecule has 1 aromatic carbocycles. The van der Waals surface area contributed by atoms with Crippen LogP contribution in [0.2, 0.25) is 0 Å². The first-order chi connectivity index (χ1) is 9.22. The number of hydrogen-bond donors (Lipinski definition) is 1. The topological polar surface area (TPSA) is 44.4 Å². The van der Waals surface area contributed by atoms with Gasteiger partial charge in [-0.2, -0.15) is 0 Å². The van der Waals surface area contributed by atoms with E-state index in [0.29, 0.717) is 0 Å². The predicted molar refractivity (Wildman–Crippen MR) is 76.6 cm³/mol. The van der Waals surface area contributed by atoms with Crippen LogP contribution in [0, 0.1) is 0 Å². The standard InChI is InChI=1S/C14H20N4O/c1-17(2)9-11-10-18(7-8-19-11)14-15-12-5-3-4-6-13(12)16-14/h3-6,11H,7-10H2,1-2H3,(H,15,16). The molecule has 2 heterocycles. The second kappa shape index (κ2) is 5.19. The maximum atomic E-state index is 5.79. The third-order valence-electron chi connectivity index (χ3n) is 3.38. The molecule has 0 spiro atoms. The first-order valence-corrected chi connectivity index (χ1v) is 6.68. The van der Waals surface area contributed by atoms with Gasteiger partial charge in [0.15, 0.2) is 0 Å². The highest BCUT2D eigenvalue weighted by Gasteiger charge is 2.23. The molecule has 5 nitrogen and oxygen atoms in total. The highest BCUT2D eigenvalue weighted by molar-refractivity contribution is 5.77. The summed E-state index contributed by atoms with van der Waals surface area (Å²) in [6.07, 6.45) is 0.247. The molecule has 3 rings (SSSR count). The van der Waals surface area contributed by atoms with E-state index < -0.39 is 0 Å². The van der Waals surface area contributed by atoms with E-state index in [0.717, 1.165) is 43.2 Å². The Labute approximate surface area is 113 Å². The van der Waals surface area contributed by atoms with Gasteiger partial charge in [0.25, 0.3) is 0 Å². The zero-order chi connectivity index (χ0) is 13.2. The van der Waals surface area contributed by atoms with E-state index in [2.05, 4.69) is 39.9 Å². The number of nitrogens with zero attached hydrogens (tertiary/aromatic N) is 3. The Morgan fingerprint density at radius 2 is 2.26 bits per heavy atom. The number of ether oxygens (including phenoxy) is 1. The van der Waals surface area contributed by atoms with Gasteiger partial charge in [-0.15, -0.1) is 0 Å². The molecule has 19 heavy (non-hydrogen) atoms. The molecule has 0 saturated carbocycles. The van der Waals surface area contributed by atoms with Crippen molar-refractivity contribution in [1.29, 1.82) is 0 Å². The molecule has 1 saturated heterocycles. The zero-order valence-corrected chi connectivity index (χ0v) is 11.5. The van der Waals surface area contributed by atoms with Crippen molar-refractivity contribution in [2.24, 2.45) is 0 Å². The lowest BCUT2D eigenvalue weighted by Crippen LogP contribution is -2.46.